The molecule has 1 saturated heterocycles. The molecule has 2 fully saturated rings. The summed E-state index contributed by atoms with van der Waals surface area (Å²) >= 11 is 0. The predicted octanol–water partition coefficient (Wildman–Crippen LogP) is 4.06. The first-order chi connectivity index (χ1) is 17.0. The number of piperazine rings is 1. The van der Waals surface area contributed by atoms with Gasteiger partial charge in [0.05, 0.1) is 13.2 Å². The molecule has 0 aromatic heterocycles. The second-order valence-electron chi connectivity index (χ2n) is 10.6. The Morgan fingerprint density at radius 2 is 1.71 bits per heavy atom. The van der Waals surface area contributed by atoms with Gasteiger partial charge in [0.2, 0.25) is 11.8 Å². The number of hydrogen-bond acceptors (Lipinski definition) is 4. The molecule has 1 aliphatic carbocycles. The summed E-state index contributed by atoms with van der Waals surface area (Å²) in [4.78, 5) is 32.0. The Morgan fingerprint density at radius 1 is 1.03 bits per heavy atom. The smallest absolute Gasteiger partial charge is 0.247 e. The van der Waals surface area contributed by atoms with E-state index >= 15 is 0 Å². The van der Waals surface area contributed by atoms with E-state index < -0.39 is 5.54 Å². The number of carbonyl (C=O) groups excluding carboxylic acids is 2. The number of ether oxygens (including phenoxy) is 1. The van der Waals surface area contributed by atoms with Crippen LogP contribution in [0.2, 0.25) is 0 Å². The van der Waals surface area contributed by atoms with Gasteiger partial charge in [0, 0.05) is 25.7 Å². The highest BCUT2D eigenvalue weighted by Gasteiger charge is 2.52. The van der Waals surface area contributed by atoms with E-state index in [2.05, 4.69) is 28.4 Å². The highest BCUT2D eigenvalue weighted by Crippen LogP contribution is 2.35. The lowest BCUT2D eigenvalue weighted by molar-refractivity contribution is -0.163. The number of hydrogen-bond donors (Lipinski definition) is 1. The van der Waals surface area contributed by atoms with Crippen LogP contribution in [0.5, 0.6) is 5.75 Å². The van der Waals surface area contributed by atoms with Gasteiger partial charge in [-0.15, -0.1) is 0 Å². The minimum atomic E-state index is -0.938. The van der Waals surface area contributed by atoms with Crippen molar-refractivity contribution in [1.82, 2.24) is 15.1 Å². The fourth-order valence-electron chi connectivity index (χ4n) is 6.02. The lowest BCUT2D eigenvalue weighted by Crippen LogP contribution is -2.72. The van der Waals surface area contributed by atoms with Crippen LogP contribution in [0, 0.1) is 0 Å². The molecule has 5 rings (SSSR count). The Bertz CT molecular complexity index is 1060. The van der Waals surface area contributed by atoms with Gasteiger partial charge >= 0.3 is 0 Å². The van der Waals surface area contributed by atoms with Crippen LogP contribution in [-0.2, 0) is 29.1 Å². The van der Waals surface area contributed by atoms with E-state index in [1.807, 2.05) is 42.2 Å². The third-order valence-electron chi connectivity index (χ3n) is 8.18. The average Bonchev–Trinajstić information content (AvgIpc) is 3.14. The molecule has 2 aromatic rings. The third-order valence-corrected chi connectivity index (χ3v) is 8.18. The van der Waals surface area contributed by atoms with Crippen molar-refractivity contribution in [2.24, 2.45) is 0 Å². The Kier molecular flexibility index (Phi) is 6.83. The van der Waals surface area contributed by atoms with Gasteiger partial charge in [0.1, 0.15) is 11.3 Å². The van der Waals surface area contributed by atoms with Gasteiger partial charge in [-0.1, -0.05) is 62.1 Å². The summed E-state index contributed by atoms with van der Waals surface area (Å²) in [5, 5.41) is 3.36. The van der Waals surface area contributed by atoms with Gasteiger partial charge < -0.3 is 15.0 Å². The van der Waals surface area contributed by atoms with Crippen molar-refractivity contribution >= 4 is 11.8 Å². The molecule has 0 spiro atoms. The molecule has 6 nitrogen and oxygen atoms in total. The lowest BCUT2D eigenvalue weighted by atomic mass is 9.84. The first-order valence-electron chi connectivity index (χ1n) is 13.0. The fraction of sp³-hybridized carbons (Fsp3) is 0.517. The zero-order chi connectivity index (χ0) is 24.4. The molecule has 2 heterocycles. The second kappa shape index (κ2) is 10.0. The van der Waals surface area contributed by atoms with E-state index in [9.17, 15) is 9.59 Å². The van der Waals surface area contributed by atoms with Crippen molar-refractivity contribution in [2.45, 2.75) is 82.6 Å². The molecule has 6 heteroatoms. The van der Waals surface area contributed by atoms with Crippen LogP contribution in [0.15, 0.2) is 48.5 Å². The van der Waals surface area contributed by atoms with Crippen molar-refractivity contribution < 1.29 is 14.3 Å². The largest absolute Gasteiger partial charge is 0.497 e. The van der Waals surface area contributed by atoms with Crippen LogP contribution in [0.3, 0.4) is 0 Å². The molecule has 2 atom stereocenters. The van der Waals surface area contributed by atoms with E-state index in [1.165, 1.54) is 24.0 Å². The molecule has 35 heavy (non-hydrogen) atoms. The van der Waals surface area contributed by atoms with Crippen LogP contribution in [0.25, 0.3) is 0 Å². The van der Waals surface area contributed by atoms with E-state index in [4.69, 9.17) is 4.74 Å². The number of nitrogens with one attached hydrogen (secondary N) is 1. The fourth-order valence-corrected chi connectivity index (χ4v) is 6.02. The van der Waals surface area contributed by atoms with Gasteiger partial charge in [-0.25, -0.2) is 0 Å². The summed E-state index contributed by atoms with van der Waals surface area (Å²) < 4.78 is 5.31. The lowest BCUT2D eigenvalue weighted by Gasteiger charge is -2.52. The summed E-state index contributed by atoms with van der Waals surface area (Å²) in [5.74, 6) is 0.798. The number of methoxy groups -OCH3 is 1. The van der Waals surface area contributed by atoms with Crippen LogP contribution >= 0.6 is 0 Å². The van der Waals surface area contributed by atoms with Crippen molar-refractivity contribution in [3.8, 4) is 5.75 Å². The summed E-state index contributed by atoms with van der Waals surface area (Å²) in [6.45, 7) is 3.60. The van der Waals surface area contributed by atoms with Crippen LogP contribution in [0.4, 0.5) is 0 Å². The van der Waals surface area contributed by atoms with Crippen LogP contribution < -0.4 is 10.1 Å². The van der Waals surface area contributed by atoms with E-state index in [-0.39, 0.29) is 23.9 Å². The molecule has 1 N–H and O–H groups in total. The zero-order valence-electron chi connectivity index (χ0n) is 21.0. The van der Waals surface area contributed by atoms with Gasteiger partial charge in [0.25, 0.3) is 0 Å². The average molecular weight is 476 g/mol. The molecule has 2 aliphatic heterocycles. The summed E-state index contributed by atoms with van der Waals surface area (Å²) in [5.41, 5.74) is 2.55. The maximum absolute atomic E-state index is 14.0. The van der Waals surface area contributed by atoms with Crippen LogP contribution in [-0.4, -0.2) is 52.9 Å². The maximum Gasteiger partial charge on any atom is 0.247 e. The molecule has 0 radical (unpaired) electrons. The third kappa shape index (κ3) is 4.81. The van der Waals surface area contributed by atoms with Gasteiger partial charge in [-0.05, 0) is 55.0 Å². The summed E-state index contributed by atoms with van der Waals surface area (Å²) in [7, 11) is 1.65. The monoisotopic (exact) mass is 475 g/mol. The van der Waals surface area contributed by atoms with Crippen molar-refractivity contribution in [3.63, 3.8) is 0 Å². The SMILES string of the molecule is COc1ccc(CN2C(=O)[C@@H]3Cc4ccccc4CN3C[C@]2(C)C(=O)NC2CCCCCC2)cc1. The van der Waals surface area contributed by atoms with E-state index in [1.54, 1.807) is 7.11 Å². The van der Waals surface area contributed by atoms with Crippen molar-refractivity contribution in [3.05, 3.63) is 65.2 Å². The number of carbonyl (C=O) groups is 2. The van der Waals surface area contributed by atoms with Gasteiger partial charge in [0.15, 0.2) is 0 Å². The number of amides is 2. The Balaban J connectivity index is 1.44. The van der Waals surface area contributed by atoms with E-state index in [0.29, 0.717) is 26.1 Å². The first-order valence-corrected chi connectivity index (χ1v) is 13.0. The Labute approximate surface area is 208 Å². The van der Waals surface area contributed by atoms with E-state index in [0.717, 1.165) is 37.0 Å². The number of rotatable bonds is 5. The number of nitrogens with zero attached hydrogens (tertiary/aromatic N) is 2. The van der Waals surface area contributed by atoms with Crippen molar-refractivity contribution in [1.29, 1.82) is 0 Å². The zero-order valence-corrected chi connectivity index (χ0v) is 21.0. The summed E-state index contributed by atoms with van der Waals surface area (Å²) in [6.07, 6.45) is 7.51. The molecule has 0 unspecified atom stereocenters. The Morgan fingerprint density at radius 3 is 2.40 bits per heavy atom. The standard InChI is InChI=1S/C29H37N3O3/c1-29(28(34)30-24-11-5-3-4-6-12-24)20-31-19-23-10-8-7-9-22(23)17-26(31)27(33)32(29)18-21-13-15-25(35-2)16-14-21/h7-10,13-16,24,26H,3-6,11-12,17-20H2,1-2H3,(H,30,34)/t26-,29+/m0/s1. The topological polar surface area (TPSA) is 61.9 Å². The van der Waals surface area contributed by atoms with Crippen LogP contribution in [0.1, 0.15) is 62.1 Å². The molecule has 3 aliphatic rings. The minimum Gasteiger partial charge on any atom is -0.497 e. The molecular formula is C29H37N3O3. The molecule has 1 saturated carbocycles. The second-order valence-corrected chi connectivity index (χ2v) is 10.6. The molecule has 0 bridgehead atoms. The molecule has 2 amide bonds. The molecule has 186 valence electrons. The molecular weight excluding hydrogens is 438 g/mol. The quantitative estimate of drug-likeness (QED) is 0.663. The number of benzene rings is 2. The van der Waals surface area contributed by atoms with Gasteiger partial charge in [-0.2, -0.15) is 0 Å². The van der Waals surface area contributed by atoms with Gasteiger partial charge in [-0.3, -0.25) is 14.5 Å². The summed E-state index contributed by atoms with van der Waals surface area (Å²) in [6, 6.07) is 16.1. The first kappa shape index (κ1) is 23.9. The molecule has 2 aromatic carbocycles. The van der Waals surface area contributed by atoms with Crippen molar-refractivity contribution in [2.75, 3.05) is 13.7 Å². The maximum atomic E-state index is 14.0. The number of fused-ring (bicyclic) bond motifs is 2. The normalized spacial score (nSPS) is 25.4. The predicted molar refractivity (Wildman–Crippen MR) is 136 cm³/mol. The highest BCUT2D eigenvalue weighted by atomic mass is 16.5. The Hall–Kier alpha value is -2.86. The highest BCUT2D eigenvalue weighted by molar-refractivity contribution is 5.95. The minimum absolute atomic E-state index is 0.0245.